The summed E-state index contributed by atoms with van der Waals surface area (Å²) in [4.78, 5) is 26.6. The Bertz CT molecular complexity index is 1410. The average Bonchev–Trinajstić information content (AvgIpc) is 3.42. The van der Waals surface area contributed by atoms with Crippen molar-refractivity contribution in [3.05, 3.63) is 95.1 Å². The number of hydrogen-bond donors (Lipinski definition) is 1. The van der Waals surface area contributed by atoms with Gasteiger partial charge in [0.15, 0.2) is 0 Å². The highest BCUT2D eigenvalue weighted by Crippen LogP contribution is 2.28. The van der Waals surface area contributed by atoms with Crippen molar-refractivity contribution in [2.45, 2.75) is 13.5 Å². The van der Waals surface area contributed by atoms with Crippen molar-refractivity contribution < 1.29 is 9.18 Å². The molecule has 5 rings (SSSR count). The maximum Gasteiger partial charge on any atom is 0.263 e. The summed E-state index contributed by atoms with van der Waals surface area (Å²) >= 11 is 1.29. The molecule has 3 aromatic heterocycles. The lowest BCUT2D eigenvalue weighted by molar-refractivity contribution is 0.0954. The minimum atomic E-state index is -0.305. The number of pyridine rings is 1. The number of halogens is 1. The van der Waals surface area contributed by atoms with Crippen molar-refractivity contribution in [3.63, 3.8) is 0 Å². The number of benzene rings is 2. The van der Waals surface area contributed by atoms with Gasteiger partial charge in [-0.05, 0) is 55.0 Å². The smallest absolute Gasteiger partial charge is 0.263 e. The molecule has 5 aromatic rings. The van der Waals surface area contributed by atoms with Gasteiger partial charge < -0.3 is 5.32 Å². The van der Waals surface area contributed by atoms with Gasteiger partial charge in [0.2, 0.25) is 0 Å². The fourth-order valence-corrected chi connectivity index (χ4v) is 4.38. The van der Waals surface area contributed by atoms with Crippen LogP contribution < -0.4 is 5.32 Å². The molecule has 0 saturated heterocycles. The second kappa shape index (κ2) is 8.32. The number of nitrogens with zero attached hydrogens (tertiary/aromatic N) is 4. The molecule has 0 aliphatic heterocycles. The van der Waals surface area contributed by atoms with Crippen molar-refractivity contribution in [3.8, 4) is 16.4 Å². The van der Waals surface area contributed by atoms with E-state index in [-0.39, 0.29) is 11.7 Å². The zero-order valence-electron chi connectivity index (χ0n) is 17.1. The number of carbonyl (C=O) groups excluding carboxylic acids is 1. The van der Waals surface area contributed by atoms with E-state index in [2.05, 4.69) is 20.3 Å². The van der Waals surface area contributed by atoms with Crippen molar-refractivity contribution in [1.29, 1.82) is 0 Å². The van der Waals surface area contributed by atoms with Gasteiger partial charge in [-0.3, -0.25) is 9.36 Å². The van der Waals surface area contributed by atoms with E-state index in [1.165, 1.54) is 23.5 Å². The van der Waals surface area contributed by atoms with Gasteiger partial charge in [-0.25, -0.2) is 19.3 Å². The number of fused-ring (bicyclic) bond motifs is 1. The second-order valence-electron chi connectivity index (χ2n) is 7.25. The highest BCUT2D eigenvalue weighted by Gasteiger charge is 2.16. The van der Waals surface area contributed by atoms with Gasteiger partial charge in [0, 0.05) is 18.3 Å². The highest BCUT2D eigenvalue weighted by atomic mass is 32.1. The van der Waals surface area contributed by atoms with Gasteiger partial charge in [0.25, 0.3) is 5.91 Å². The van der Waals surface area contributed by atoms with Crippen molar-refractivity contribution in [2.24, 2.45) is 0 Å². The molecule has 3 heterocycles. The number of aryl methyl sites for hydroxylation is 1. The van der Waals surface area contributed by atoms with E-state index >= 15 is 0 Å². The molecule has 0 fully saturated rings. The van der Waals surface area contributed by atoms with E-state index in [9.17, 15) is 9.18 Å². The van der Waals surface area contributed by atoms with E-state index in [1.54, 1.807) is 31.6 Å². The van der Waals surface area contributed by atoms with E-state index in [1.807, 2.05) is 41.0 Å². The van der Waals surface area contributed by atoms with Crippen LogP contribution in [0.5, 0.6) is 0 Å². The van der Waals surface area contributed by atoms with Crippen LogP contribution in [0, 0.1) is 12.7 Å². The Balaban J connectivity index is 1.28. The van der Waals surface area contributed by atoms with Crippen LogP contribution in [0.3, 0.4) is 0 Å². The summed E-state index contributed by atoms with van der Waals surface area (Å²) in [5, 5.41) is 3.61. The number of hydrogen-bond acceptors (Lipinski definition) is 5. The van der Waals surface area contributed by atoms with Crippen LogP contribution >= 0.6 is 11.3 Å². The van der Waals surface area contributed by atoms with E-state index in [0.717, 1.165) is 28.0 Å². The fraction of sp³-hybridized carbons (Fsp3) is 0.0833. The van der Waals surface area contributed by atoms with Crippen LogP contribution in [0.2, 0.25) is 0 Å². The lowest BCUT2D eigenvalue weighted by Crippen LogP contribution is -2.22. The fourth-order valence-electron chi connectivity index (χ4n) is 3.39. The predicted molar refractivity (Wildman–Crippen MR) is 122 cm³/mol. The number of imidazole rings is 1. The first-order valence-electron chi connectivity index (χ1n) is 9.97. The Morgan fingerprint density at radius 1 is 1.06 bits per heavy atom. The Labute approximate surface area is 187 Å². The lowest BCUT2D eigenvalue weighted by Gasteiger charge is -2.07. The number of carbonyl (C=O) groups is 1. The second-order valence-corrected chi connectivity index (χ2v) is 8.25. The topological polar surface area (TPSA) is 72.7 Å². The molecule has 0 radical (unpaired) electrons. The van der Waals surface area contributed by atoms with Gasteiger partial charge in [0.1, 0.15) is 27.8 Å². The zero-order valence-corrected chi connectivity index (χ0v) is 17.9. The Hall–Kier alpha value is -3.91. The quantitative estimate of drug-likeness (QED) is 0.418. The molecule has 0 atom stereocenters. The maximum absolute atomic E-state index is 13.2. The van der Waals surface area contributed by atoms with Gasteiger partial charge >= 0.3 is 0 Å². The molecule has 0 saturated carbocycles. The summed E-state index contributed by atoms with van der Waals surface area (Å²) < 4.78 is 15.1. The average molecular weight is 444 g/mol. The summed E-state index contributed by atoms with van der Waals surface area (Å²) in [6.07, 6.45) is 3.49. The van der Waals surface area contributed by atoms with Crippen LogP contribution in [0.4, 0.5) is 4.39 Å². The molecule has 6 nitrogen and oxygen atoms in total. The van der Waals surface area contributed by atoms with Gasteiger partial charge in [-0.1, -0.05) is 18.2 Å². The van der Waals surface area contributed by atoms with Crippen LogP contribution in [0.15, 0.2) is 73.2 Å². The molecule has 158 valence electrons. The number of thiazole rings is 1. The monoisotopic (exact) mass is 443 g/mol. The Morgan fingerprint density at radius 3 is 2.66 bits per heavy atom. The van der Waals surface area contributed by atoms with Crippen LogP contribution in [-0.2, 0) is 6.54 Å². The molecule has 0 bridgehead atoms. The number of nitrogens with one attached hydrogen (secondary N) is 1. The normalized spacial score (nSPS) is 11.1. The van der Waals surface area contributed by atoms with E-state index < -0.39 is 0 Å². The summed E-state index contributed by atoms with van der Waals surface area (Å²) in [6.45, 7) is 2.14. The van der Waals surface area contributed by atoms with Crippen molar-refractivity contribution >= 4 is 28.3 Å². The molecular formula is C24H18FN5OS. The Kier molecular flexibility index (Phi) is 5.20. The molecule has 2 aromatic carbocycles. The third-order valence-corrected chi connectivity index (χ3v) is 6.26. The van der Waals surface area contributed by atoms with Crippen molar-refractivity contribution in [2.75, 3.05) is 0 Å². The molecule has 0 aliphatic rings. The molecule has 32 heavy (non-hydrogen) atoms. The Morgan fingerprint density at radius 2 is 1.88 bits per heavy atom. The van der Waals surface area contributed by atoms with E-state index in [4.69, 9.17) is 0 Å². The minimum absolute atomic E-state index is 0.196. The third kappa shape index (κ3) is 3.88. The number of amides is 1. The number of para-hydroxylation sites is 2. The number of rotatable bonds is 5. The zero-order chi connectivity index (χ0) is 22.1. The van der Waals surface area contributed by atoms with E-state index in [0.29, 0.717) is 22.1 Å². The molecule has 8 heteroatoms. The van der Waals surface area contributed by atoms with Crippen LogP contribution in [-0.4, -0.2) is 25.4 Å². The van der Waals surface area contributed by atoms with Crippen LogP contribution in [0.1, 0.15) is 20.9 Å². The number of aromatic nitrogens is 4. The largest absolute Gasteiger partial charge is 0.347 e. The summed E-state index contributed by atoms with van der Waals surface area (Å²) in [5.41, 5.74) is 4.20. The first-order valence-corrected chi connectivity index (χ1v) is 10.8. The summed E-state index contributed by atoms with van der Waals surface area (Å²) in [6, 6.07) is 17.8. The van der Waals surface area contributed by atoms with Gasteiger partial charge in [-0.15, -0.1) is 11.3 Å². The minimum Gasteiger partial charge on any atom is -0.347 e. The molecular weight excluding hydrogens is 425 g/mol. The highest BCUT2D eigenvalue weighted by molar-refractivity contribution is 7.17. The molecule has 0 unspecified atom stereocenters. The van der Waals surface area contributed by atoms with Gasteiger partial charge in [-0.2, -0.15) is 0 Å². The SMILES string of the molecule is Cc1nc(-c2ccc(F)cc2)sc1C(=O)NCc1ccc(-n2cnc3ccccc32)nc1. The predicted octanol–water partition coefficient (Wildman–Crippen LogP) is 4.92. The van der Waals surface area contributed by atoms with Crippen LogP contribution in [0.25, 0.3) is 27.4 Å². The molecule has 1 N–H and O–H groups in total. The molecule has 0 aliphatic carbocycles. The molecule has 1 amide bonds. The molecule has 0 spiro atoms. The van der Waals surface area contributed by atoms with Crippen molar-refractivity contribution in [1.82, 2.24) is 24.8 Å². The van der Waals surface area contributed by atoms with Gasteiger partial charge in [0.05, 0.1) is 16.7 Å². The summed E-state index contributed by atoms with van der Waals surface area (Å²) in [5.74, 6) is 0.259. The third-order valence-electron chi connectivity index (χ3n) is 5.06. The summed E-state index contributed by atoms with van der Waals surface area (Å²) in [7, 11) is 0. The lowest BCUT2D eigenvalue weighted by atomic mass is 10.2. The first-order chi connectivity index (χ1) is 15.6. The standard InChI is InChI=1S/C24H18FN5OS/c1-15-22(32-24(29-15)17-7-9-18(25)10-8-17)23(31)27-13-16-6-11-21(26-12-16)30-14-28-19-4-2-3-5-20(19)30/h2-12,14H,13H2,1H3,(H,27,31). The first kappa shape index (κ1) is 20.0. The maximum atomic E-state index is 13.2.